The maximum absolute atomic E-state index is 13.4. The molecule has 0 radical (unpaired) electrons. The highest BCUT2D eigenvalue weighted by Gasteiger charge is 2.46. The molecule has 186 valence electrons. The molecular weight excluding hydrogens is 456 g/mol. The topological polar surface area (TPSA) is 89.0 Å². The molecule has 0 spiro atoms. The zero-order valence-corrected chi connectivity index (χ0v) is 21.1. The second kappa shape index (κ2) is 10.2. The number of carbonyl (C=O) groups excluding carboxylic acids is 2. The van der Waals surface area contributed by atoms with E-state index < -0.39 is 17.7 Å². The van der Waals surface area contributed by atoms with E-state index in [0.29, 0.717) is 22.6 Å². The van der Waals surface area contributed by atoms with Gasteiger partial charge in [0, 0.05) is 24.5 Å². The number of pyridine rings is 1. The summed E-state index contributed by atoms with van der Waals surface area (Å²) in [5.41, 5.74) is 3.60. The molecule has 1 aliphatic rings. The van der Waals surface area contributed by atoms with Gasteiger partial charge in [0.1, 0.15) is 17.3 Å². The molecule has 1 N–H and O–H groups in total. The Bertz CT molecular complexity index is 1330. The zero-order chi connectivity index (χ0) is 26.0. The monoisotopic (exact) mass is 486 g/mol. The lowest BCUT2D eigenvalue weighted by atomic mass is 9.91. The number of aryl methyl sites for hydroxylation is 1. The molecule has 4 rings (SSSR count). The van der Waals surface area contributed by atoms with E-state index in [0.717, 1.165) is 16.7 Å². The number of methoxy groups -OCH3 is 2. The summed E-state index contributed by atoms with van der Waals surface area (Å²) in [7, 11) is 3.18. The molecule has 2 heterocycles. The van der Waals surface area contributed by atoms with Gasteiger partial charge in [-0.3, -0.25) is 14.6 Å². The number of aliphatic hydroxyl groups excluding tert-OH is 1. The first-order valence-electron chi connectivity index (χ1n) is 11.8. The Morgan fingerprint density at radius 2 is 1.86 bits per heavy atom. The summed E-state index contributed by atoms with van der Waals surface area (Å²) in [6.07, 6.45) is 3.24. The van der Waals surface area contributed by atoms with E-state index in [1.807, 2.05) is 57.2 Å². The quantitative estimate of drug-likeness (QED) is 0.282. The molecule has 1 amide bonds. The van der Waals surface area contributed by atoms with Gasteiger partial charge in [0.05, 0.1) is 25.8 Å². The van der Waals surface area contributed by atoms with Crippen molar-refractivity contribution in [3.8, 4) is 11.5 Å². The molecule has 0 bridgehead atoms. The average molecular weight is 487 g/mol. The van der Waals surface area contributed by atoms with Crippen LogP contribution < -0.4 is 9.47 Å². The second-order valence-corrected chi connectivity index (χ2v) is 9.13. The van der Waals surface area contributed by atoms with Crippen molar-refractivity contribution in [1.82, 2.24) is 9.88 Å². The molecule has 0 saturated carbocycles. The fourth-order valence-electron chi connectivity index (χ4n) is 4.62. The van der Waals surface area contributed by atoms with Crippen molar-refractivity contribution in [3.05, 3.63) is 94.3 Å². The van der Waals surface area contributed by atoms with Crippen molar-refractivity contribution in [2.45, 2.75) is 39.3 Å². The van der Waals surface area contributed by atoms with E-state index >= 15 is 0 Å². The number of Topliss-reactive ketones (excluding diaryl/α,β-unsaturated/α-hetero) is 1. The number of benzene rings is 2. The molecule has 1 unspecified atom stereocenters. The highest BCUT2D eigenvalue weighted by atomic mass is 16.5. The van der Waals surface area contributed by atoms with Crippen LogP contribution in [0.2, 0.25) is 0 Å². The van der Waals surface area contributed by atoms with Crippen LogP contribution in [0.4, 0.5) is 0 Å². The SMILES string of the molecule is COc1cccc(CN2C(=O)C(=O)/C(=C(/O)c3cc(C(C)C)c(OC)cc3C)C2c2cccnc2)c1. The van der Waals surface area contributed by atoms with Gasteiger partial charge in [0.15, 0.2) is 0 Å². The number of rotatable bonds is 7. The third kappa shape index (κ3) is 4.56. The number of aliphatic hydroxyl groups is 1. The lowest BCUT2D eigenvalue weighted by molar-refractivity contribution is -0.140. The molecule has 1 aromatic heterocycles. The Morgan fingerprint density at radius 1 is 1.08 bits per heavy atom. The van der Waals surface area contributed by atoms with E-state index in [2.05, 4.69) is 4.98 Å². The van der Waals surface area contributed by atoms with Gasteiger partial charge in [-0.05, 0) is 65.4 Å². The number of ketones is 1. The van der Waals surface area contributed by atoms with Gasteiger partial charge in [-0.15, -0.1) is 0 Å². The molecule has 1 fully saturated rings. The number of hydrogen-bond acceptors (Lipinski definition) is 6. The molecule has 1 atom stereocenters. The van der Waals surface area contributed by atoms with Gasteiger partial charge in [0.2, 0.25) is 0 Å². The summed E-state index contributed by atoms with van der Waals surface area (Å²) in [5.74, 6) is -0.137. The van der Waals surface area contributed by atoms with Crippen LogP contribution in [0.3, 0.4) is 0 Å². The minimum absolute atomic E-state index is 0.0406. The zero-order valence-electron chi connectivity index (χ0n) is 21.1. The van der Waals surface area contributed by atoms with Gasteiger partial charge in [-0.2, -0.15) is 0 Å². The highest BCUT2D eigenvalue weighted by molar-refractivity contribution is 6.46. The Kier molecular flexibility index (Phi) is 7.10. The van der Waals surface area contributed by atoms with Gasteiger partial charge < -0.3 is 19.5 Å². The van der Waals surface area contributed by atoms with Crippen molar-refractivity contribution >= 4 is 17.4 Å². The molecule has 7 heteroatoms. The first kappa shape index (κ1) is 25.0. The summed E-state index contributed by atoms with van der Waals surface area (Å²) in [6, 6.07) is 13.8. The van der Waals surface area contributed by atoms with Crippen molar-refractivity contribution in [2.24, 2.45) is 0 Å². The Balaban J connectivity index is 1.89. The highest BCUT2D eigenvalue weighted by Crippen LogP contribution is 2.42. The van der Waals surface area contributed by atoms with Crippen molar-refractivity contribution in [3.63, 3.8) is 0 Å². The first-order chi connectivity index (χ1) is 17.3. The molecule has 1 saturated heterocycles. The minimum Gasteiger partial charge on any atom is -0.507 e. The second-order valence-electron chi connectivity index (χ2n) is 9.13. The van der Waals surface area contributed by atoms with Crippen LogP contribution in [-0.4, -0.2) is 40.9 Å². The van der Waals surface area contributed by atoms with Crippen LogP contribution in [0.5, 0.6) is 11.5 Å². The molecule has 7 nitrogen and oxygen atoms in total. The molecule has 3 aromatic rings. The molecule has 2 aromatic carbocycles. The third-order valence-corrected chi connectivity index (χ3v) is 6.48. The van der Waals surface area contributed by atoms with Gasteiger partial charge in [0.25, 0.3) is 11.7 Å². The van der Waals surface area contributed by atoms with Crippen molar-refractivity contribution in [2.75, 3.05) is 14.2 Å². The minimum atomic E-state index is -0.797. The molecule has 36 heavy (non-hydrogen) atoms. The van der Waals surface area contributed by atoms with E-state index in [1.54, 1.807) is 38.7 Å². The van der Waals surface area contributed by atoms with E-state index in [9.17, 15) is 14.7 Å². The smallest absolute Gasteiger partial charge is 0.295 e. The normalized spacial score (nSPS) is 17.1. The lowest BCUT2D eigenvalue weighted by Crippen LogP contribution is -2.29. The van der Waals surface area contributed by atoms with Crippen LogP contribution in [0, 0.1) is 6.92 Å². The van der Waals surface area contributed by atoms with Crippen LogP contribution >= 0.6 is 0 Å². The first-order valence-corrected chi connectivity index (χ1v) is 11.8. The Hall–Kier alpha value is -4.13. The van der Waals surface area contributed by atoms with Crippen molar-refractivity contribution in [1.29, 1.82) is 0 Å². The van der Waals surface area contributed by atoms with E-state index in [-0.39, 0.29) is 23.8 Å². The standard InChI is InChI=1S/C29H30N2O5/c1-17(2)22-14-23(18(3)12-24(22)36-5)27(32)25-26(20-9-7-11-30-15-20)31(29(34)28(25)33)16-19-8-6-10-21(13-19)35-4/h6-15,17,26,32H,16H2,1-5H3/b27-25+. The number of hydrogen-bond donors (Lipinski definition) is 1. The summed E-state index contributed by atoms with van der Waals surface area (Å²) >= 11 is 0. The summed E-state index contributed by atoms with van der Waals surface area (Å²) in [6.45, 7) is 6.06. The number of ether oxygens (including phenoxy) is 2. The number of carbonyl (C=O) groups is 2. The predicted octanol–water partition coefficient (Wildman–Crippen LogP) is 5.15. The number of likely N-dealkylation sites (tertiary alicyclic amines) is 1. The van der Waals surface area contributed by atoms with Crippen LogP contribution in [-0.2, 0) is 16.1 Å². The summed E-state index contributed by atoms with van der Waals surface area (Å²) in [4.78, 5) is 32.4. The third-order valence-electron chi connectivity index (χ3n) is 6.48. The Labute approximate surface area is 211 Å². The van der Waals surface area contributed by atoms with Gasteiger partial charge in [-0.1, -0.05) is 32.0 Å². The Morgan fingerprint density at radius 3 is 2.50 bits per heavy atom. The molecule has 1 aliphatic heterocycles. The van der Waals surface area contributed by atoms with Crippen LogP contribution in [0.1, 0.15) is 53.6 Å². The van der Waals surface area contributed by atoms with Gasteiger partial charge >= 0.3 is 0 Å². The average Bonchev–Trinajstić information content (AvgIpc) is 3.13. The van der Waals surface area contributed by atoms with E-state index in [4.69, 9.17) is 9.47 Å². The molecule has 0 aliphatic carbocycles. The summed E-state index contributed by atoms with van der Waals surface area (Å²) in [5, 5.41) is 11.6. The fourth-order valence-corrected chi connectivity index (χ4v) is 4.62. The molecular formula is C29H30N2O5. The fraction of sp³-hybridized carbons (Fsp3) is 0.276. The lowest BCUT2D eigenvalue weighted by Gasteiger charge is -2.25. The maximum atomic E-state index is 13.4. The van der Waals surface area contributed by atoms with Crippen LogP contribution in [0.15, 0.2) is 66.5 Å². The van der Waals surface area contributed by atoms with Crippen LogP contribution in [0.25, 0.3) is 5.76 Å². The largest absolute Gasteiger partial charge is 0.507 e. The predicted molar refractivity (Wildman–Crippen MR) is 137 cm³/mol. The van der Waals surface area contributed by atoms with Gasteiger partial charge in [-0.25, -0.2) is 0 Å². The van der Waals surface area contributed by atoms with Crippen molar-refractivity contribution < 1.29 is 24.2 Å². The number of nitrogens with zero attached hydrogens (tertiary/aromatic N) is 2. The number of aromatic nitrogens is 1. The number of amides is 1. The summed E-state index contributed by atoms with van der Waals surface area (Å²) < 4.78 is 10.9. The maximum Gasteiger partial charge on any atom is 0.295 e. The van der Waals surface area contributed by atoms with E-state index in [1.165, 1.54) is 4.90 Å².